The molecule has 2 bridgehead atoms. The van der Waals surface area contributed by atoms with Gasteiger partial charge in [0.25, 0.3) is 5.91 Å². The zero-order valence-corrected chi connectivity index (χ0v) is 20.2. The molecule has 2 aromatic heterocycles. The van der Waals surface area contributed by atoms with Crippen LogP contribution in [-0.2, 0) is 4.79 Å². The molecule has 6 N–H and O–H groups in total. The first kappa shape index (κ1) is 24.1. The normalized spacial score (nSPS) is 21.7. The van der Waals surface area contributed by atoms with Gasteiger partial charge in [-0.05, 0) is 49.6 Å². The largest absolute Gasteiger partial charge is 0.494 e. The first-order chi connectivity index (χ1) is 17.8. The van der Waals surface area contributed by atoms with Crippen molar-refractivity contribution in [1.82, 2.24) is 15.5 Å². The SMILES string of the molecule is C=CC(=O)NC12CC(/C(N)=C/N(N)c3ccc(NC(=O)c4cccc(-c5cnoc5)n4)c(OC)c3)(C1)C2. The zero-order valence-electron chi connectivity index (χ0n) is 20.2. The van der Waals surface area contributed by atoms with Gasteiger partial charge in [0.05, 0.1) is 35.9 Å². The summed E-state index contributed by atoms with van der Waals surface area (Å²) < 4.78 is 10.3. The quantitative estimate of drug-likeness (QED) is 0.196. The summed E-state index contributed by atoms with van der Waals surface area (Å²) >= 11 is 0. The highest BCUT2D eigenvalue weighted by molar-refractivity contribution is 6.04. The Morgan fingerprint density at radius 2 is 2.03 bits per heavy atom. The van der Waals surface area contributed by atoms with E-state index in [1.54, 1.807) is 42.6 Å². The molecule has 3 aliphatic carbocycles. The van der Waals surface area contributed by atoms with Gasteiger partial charge in [0.1, 0.15) is 17.7 Å². The van der Waals surface area contributed by atoms with Crippen LogP contribution in [0.15, 0.2) is 77.9 Å². The van der Waals surface area contributed by atoms with E-state index in [0.717, 1.165) is 19.3 Å². The molecule has 2 amide bonds. The topological polar surface area (TPSA) is 162 Å². The van der Waals surface area contributed by atoms with Crippen LogP contribution in [0, 0.1) is 5.41 Å². The third kappa shape index (κ3) is 4.40. The smallest absolute Gasteiger partial charge is 0.274 e. The predicted octanol–water partition coefficient (Wildman–Crippen LogP) is 2.70. The fourth-order valence-corrected chi connectivity index (χ4v) is 5.08. The van der Waals surface area contributed by atoms with Crippen molar-refractivity contribution in [3.05, 3.63) is 79.1 Å². The number of anilines is 2. The molecule has 11 nitrogen and oxygen atoms in total. The number of amides is 2. The molecule has 0 radical (unpaired) electrons. The molecule has 6 rings (SSSR count). The van der Waals surface area contributed by atoms with Crippen molar-refractivity contribution in [2.45, 2.75) is 24.8 Å². The van der Waals surface area contributed by atoms with Gasteiger partial charge in [-0.25, -0.2) is 10.8 Å². The van der Waals surface area contributed by atoms with Crippen molar-refractivity contribution >= 4 is 23.2 Å². The standard InChI is InChI=1S/C26H27N7O4/c1-3-23(34)32-26-13-25(14-26,15-26)22(27)11-33(28)17-7-8-19(21(9-17)36-2)31-24(35)20-6-4-5-18(30-20)16-10-29-37-12-16/h3-12H,1,13-15,27-28H2,2H3,(H,31,35)(H,32,34)/b22-11-. The molecule has 3 saturated carbocycles. The van der Waals surface area contributed by atoms with Gasteiger partial charge in [-0.3, -0.25) is 14.6 Å². The van der Waals surface area contributed by atoms with Gasteiger partial charge >= 0.3 is 0 Å². The van der Waals surface area contributed by atoms with Crippen LogP contribution in [0.1, 0.15) is 29.8 Å². The first-order valence-corrected chi connectivity index (χ1v) is 11.6. The Bertz CT molecular complexity index is 1380. The Hall–Kier alpha value is -4.64. The number of nitrogens with one attached hydrogen (secondary N) is 2. The average molecular weight is 502 g/mol. The highest BCUT2D eigenvalue weighted by Crippen LogP contribution is 2.69. The average Bonchev–Trinajstić information content (AvgIpc) is 3.40. The number of allylic oxidation sites excluding steroid dienone is 1. The van der Waals surface area contributed by atoms with E-state index < -0.39 is 5.91 Å². The molecule has 3 aromatic rings. The van der Waals surface area contributed by atoms with Gasteiger partial charge in [0.2, 0.25) is 5.91 Å². The molecule has 2 heterocycles. The van der Waals surface area contributed by atoms with Crippen molar-refractivity contribution in [3.8, 4) is 17.0 Å². The number of hydrogen-bond acceptors (Lipinski definition) is 9. The number of nitrogens with zero attached hydrogens (tertiary/aromatic N) is 3. The lowest BCUT2D eigenvalue weighted by Gasteiger charge is -2.70. The van der Waals surface area contributed by atoms with E-state index in [-0.39, 0.29) is 22.6 Å². The summed E-state index contributed by atoms with van der Waals surface area (Å²) in [6.07, 6.45) is 8.27. The third-order valence-corrected chi connectivity index (χ3v) is 6.94. The van der Waals surface area contributed by atoms with Crippen LogP contribution in [0.4, 0.5) is 11.4 Å². The molecule has 0 aliphatic heterocycles. The number of carbonyl (C=O) groups excluding carboxylic acids is 2. The lowest BCUT2D eigenvalue weighted by atomic mass is 9.38. The van der Waals surface area contributed by atoms with Gasteiger partial charge in [-0.2, -0.15) is 0 Å². The Morgan fingerprint density at radius 3 is 2.70 bits per heavy atom. The number of benzene rings is 1. The van der Waals surface area contributed by atoms with Crippen molar-refractivity contribution in [1.29, 1.82) is 0 Å². The molecule has 3 aliphatic rings. The minimum atomic E-state index is -0.404. The van der Waals surface area contributed by atoms with E-state index in [4.69, 9.17) is 20.8 Å². The van der Waals surface area contributed by atoms with Crippen molar-refractivity contribution in [2.75, 3.05) is 17.4 Å². The molecule has 190 valence electrons. The Labute approximate surface area is 213 Å². The summed E-state index contributed by atoms with van der Waals surface area (Å²) in [4.78, 5) is 28.9. The molecular weight excluding hydrogens is 474 g/mol. The third-order valence-electron chi connectivity index (χ3n) is 6.94. The van der Waals surface area contributed by atoms with Gasteiger partial charge in [-0.15, -0.1) is 0 Å². The second kappa shape index (κ2) is 9.10. The van der Waals surface area contributed by atoms with Crippen LogP contribution in [-0.4, -0.2) is 34.6 Å². The molecular formula is C26H27N7O4. The Kier molecular flexibility index (Phi) is 5.92. The number of ether oxygens (including phenoxy) is 1. The van der Waals surface area contributed by atoms with E-state index in [2.05, 4.69) is 27.4 Å². The van der Waals surface area contributed by atoms with Crippen LogP contribution in [0.25, 0.3) is 11.3 Å². The van der Waals surface area contributed by atoms with Gasteiger partial charge in [0, 0.05) is 28.9 Å². The first-order valence-electron chi connectivity index (χ1n) is 11.6. The maximum Gasteiger partial charge on any atom is 0.274 e. The maximum atomic E-state index is 12.9. The summed E-state index contributed by atoms with van der Waals surface area (Å²) in [7, 11) is 1.50. The fourth-order valence-electron chi connectivity index (χ4n) is 5.08. The predicted molar refractivity (Wildman–Crippen MR) is 137 cm³/mol. The number of rotatable bonds is 9. The molecule has 3 fully saturated rings. The number of hydrogen-bond donors (Lipinski definition) is 4. The van der Waals surface area contributed by atoms with Crippen LogP contribution in [0.2, 0.25) is 0 Å². The summed E-state index contributed by atoms with van der Waals surface area (Å²) in [5.74, 6) is 6.12. The second-order valence-electron chi connectivity index (χ2n) is 9.44. The maximum absolute atomic E-state index is 12.9. The lowest BCUT2D eigenvalue weighted by Crippen LogP contribution is -2.75. The van der Waals surface area contributed by atoms with Crippen molar-refractivity contribution in [3.63, 3.8) is 0 Å². The van der Waals surface area contributed by atoms with E-state index in [1.807, 2.05) is 0 Å². The fraction of sp³-hybridized carbons (Fsp3) is 0.231. The monoisotopic (exact) mass is 501 g/mol. The number of nitrogens with two attached hydrogens (primary N) is 2. The molecule has 0 unspecified atom stereocenters. The summed E-state index contributed by atoms with van der Waals surface area (Å²) in [5.41, 5.74) is 9.24. The molecule has 0 spiro atoms. The number of carbonyl (C=O) groups is 2. The molecule has 0 saturated heterocycles. The Balaban J connectivity index is 1.26. The number of hydrazine groups is 1. The summed E-state index contributed by atoms with van der Waals surface area (Å²) in [6, 6.07) is 10.2. The molecule has 37 heavy (non-hydrogen) atoms. The van der Waals surface area contributed by atoms with E-state index >= 15 is 0 Å². The van der Waals surface area contributed by atoms with Crippen LogP contribution < -0.4 is 32.0 Å². The van der Waals surface area contributed by atoms with E-state index in [9.17, 15) is 9.59 Å². The minimum Gasteiger partial charge on any atom is -0.494 e. The molecule has 0 atom stereocenters. The van der Waals surface area contributed by atoms with Crippen molar-refractivity contribution in [2.24, 2.45) is 17.0 Å². The van der Waals surface area contributed by atoms with Crippen LogP contribution in [0.3, 0.4) is 0 Å². The van der Waals surface area contributed by atoms with Gasteiger partial charge in [-0.1, -0.05) is 17.8 Å². The lowest BCUT2D eigenvalue weighted by molar-refractivity contribution is -0.146. The summed E-state index contributed by atoms with van der Waals surface area (Å²) in [5, 5.41) is 10.9. The number of pyridine rings is 1. The van der Waals surface area contributed by atoms with Gasteiger partial charge in [0.15, 0.2) is 0 Å². The summed E-state index contributed by atoms with van der Waals surface area (Å²) in [6.45, 7) is 3.50. The van der Waals surface area contributed by atoms with E-state index in [0.29, 0.717) is 34.1 Å². The Morgan fingerprint density at radius 1 is 1.24 bits per heavy atom. The van der Waals surface area contributed by atoms with E-state index in [1.165, 1.54) is 30.7 Å². The van der Waals surface area contributed by atoms with Crippen molar-refractivity contribution < 1.29 is 18.8 Å². The highest BCUT2D eigenvalue weighted by atomic mass is 16.5. The molecule has 11 heteroatoms. The zero-order chi connectivity index (χ0) is 26.2. The molecule has 1 aromatic carbocycles. The highest BCUT2D eigenvalue weighted by Gasteiger charge is 2.69. The van der Waals surface area contributed by atoms with Crippen LogP contribution in [0.5, 0.6) is 5.75 Å². The number of aromatic nitrogens is 2. The number of methoxy groups -OCH3 is 1. The van der Waals surface area contributed by atoms with Gasteiger partial charge < -0.3 is 25.6 Å². The van der Waals surface area contributed by atoms with Crippen LogP contribution >= 0.6 is 0 Å². The second-order valence-corrected chi connectivity index (χ2v) is 9.44. The minimum absolute atomic E-state index is 0.155.